The van der Waals surface area contributed by atoms with E-state index in [1.54, 1.807) is 13.2 Å². The van der Waals surface area contributed by atoms with Gasteiger partial charge in [0.25, 0.3) is 0 Å². The van der Waals surface area contributed by atoms with E-state index in [1.807, 2.05) is 19.1 Å². The molecule has 9 heteroatoms. The normalized spacial score (nSPS) is 12.8. The lowest BCUT2D eigenvalue weighted by molar-refractivity contribution is -0.122. The van der Waals surface area contributed by atoms with Crippen LogP contribution in [-0.2, 0) is 22.5 Å². The van der Waals surface area contributed by atoms with Crippen LogP contribution >= 0.6 is 0 Å². The van der Waals surface area contributed by atoms with Crippen molar-refractivity contribution in [1.29, 1.82) is 0 Å². The summed E-state index contributed by atoms with van der Waals surface area (Å²) in [5, 5.41) is 7.95. The Balaban J connectivity index is 1.81. The highest BCUT2D eigenvalue weighted by Crippen LogP contribution is 2.36. The van der Waals surface area contributed by atoms with Gasteiger partial charge in [-0.05, 0) is 24.1 Å². The first-order valence-electron chi connectivity index (χ1n) is 8.72. The first kappa shape index (κ1) is 17.3. The molecule has 2 aromatic heterocycles. The minimum atomic E-state index is -0.369. The van der Waals surface area contributed by atoms with Crippen molar-refractivity contribution in [3.05, 3.63) is 34.2 Å². The zero-order chi connectivity index (χ0) is 19.0. The predicted molar refractivity (Wildman–Crippen MR) is 97.3 cm³/mol. The van der Waals surface area contributed by atoms with Crippen LogP contribution in [0, 0.1) is 0 Å². The van der Waals surface area contributed by atoms with Gasteiger partial charge in [-0.15, -0.1) is 5.10 Å². The molecule has 142 valence electrons. The quantitative estimate of drug-likeness (QED) is 0.640. The number of pyridine rings is 1. The van der Waals surface area contributed by atoms with E-state index in [0.717, 1.165) is 10.9 Å². The van der Waals surface area contributed by atoms with Crippen molar-refractivity contribution in [2.75, 3.05) is 27.1 Å². The zero-order valence-electron chi connectivity index (χ0n) is 15.2. The van der Waals surface area contributed by atoms with Gasteiger partial charge in [-0.2, -0.15) is 0 Å². The number of aryl methyl sites for hydroxylation is 1. The molecule has 1 aliphatic rings. The molecule has 0 saturated heterocycles. The van der Waals surface area contributed by atoms with Gasteiger partial charge < -0.3 is 19.5 Å². The maximum atomic E-state index is 13.0. The first-order valence-corrected chi connectivity index (χ1v) is 8.72. The number of ether oxygens (including phenoxy) is 3. The minimum Gasteiger partial charge on any atom is -0.454 e. The number of hydrogen-bond acceptors (Lipinski definition) is 6. The Morgan fingerprint density at radius 1 is 1.30 bits per heavy atom. The molecule has 1 N–H and O–H groups in total. The van der Waals surface area contributed by atoms with Crippen molar-refractivity contribution in [1.82, 2.24) is 19.5 Å². The number of nitrogens with zero attached hydrogens (tertiary/aromatic N) is 3. The second kappa shape index (κ2) is 6.92. The largest absolute Gasteiger partial charge is 0.454 e. The molecule has 9 nitrogen and oxygen atoms in total. The number of benzene rings is 1. The van der Waals surface area contributed by atoms with E-state index in [2.05, 4.69) is 10.4 Å². The summed E-state index contributed by atoms with van der Waals surface area (Å²) in [4.78, 5) is 25.0. The molecule has 0 aliphatic carbocycles. The van der Waals surface area contributed by atoms with Gasteiger partial charge in [0.1, 0.15) is 6.54 Å². The number of methoxy groups -OCH3 is 1. The summed E-state index contributed by atoms with van der Waals surface area (Å²) in [6.07, 6.45) is 0.699. The lowest BCUT2D eigenvalue weighted by Crippen LogP contribution is -2.34. The molecule has 0 spiro atoms. The van der Waals surface area contributed by atoms with Gasteiger partial charge in [0, 0.05) is 25.1 Å². The Morgan fingerprint density at radius 2 is 2.07 bits per heavy atom. The molecule has 1 aromatic carbocycles. The van der Waals surface area contributed by atoms with Gasteiger partial charge in [-0.3, -0.25) is 4.79 Å². The molecule has 1 aliphatic heterocycles. The topological polar surface area (TPSA) is 96.1 Å². The van der Waals surface area contributed by atoms with Gasteiger partial charge in [0.15, 0.2) is 17.1 Å². The number of rotatable bonds is 6. The van der Waals surface area contributed by atoms with Crippen LogP contribution in [0.2, 0.25) is 0 Å². The number of hydrogen-bond donors (Lipinski definition) is 1. The summed E-state index contributed by atoms with van der Waals surface area (Å²) in [7, 11) is 1.56. The number of amides is 1. The number of carbonyl (C=O) groups is 1. The highest BCUT2D eigenvalue weighted by atomic mass is 16.7. The molecular weight excluding hydrogens is 352 g/mol. The highest BCUT2D eigenvalue weighted by molar-refractivity contribution is 5.87. The van der Waals surface area contributed by atoms with Crippen molar-refractivity contribution in [2.45, 2.75) is 19.9 Å². The van der Waals surface area contributed by atoms with Gasteiger partial charge in [-0.1, -0.05) is 6.92 Å². The summed E-state index contributed by atoms with van der Waals surface area (Å²) in [6.45, 7) is 2.79. The minimum absolute atomic E-state index is 0.153. The van der Waals surface area contributed by atoms with Gasteiger partial charge >= 0.3 is 5.69 Å². The first-order chi connectivity index (χ1) is 13.1. The summed E-state index contributed by atoms with van der Waals surface area (Å²) in [5.41, 5.74) is 1.75. The van der Waals surface area contributed by atoms with Crippen molar-refractivity contribution < 1.29 is 19.0 Å². The number of fused-ring (bicyclic) bond motifs is 4. The predicted octanol–water partition coefficient (Wildman–Crippen LogP) is 0.703. The van der Waals surface area contributed by atoms with Crippen LogP contribution in [0.1, 0.15) is 12.5 Å². The van der Waals surface area contributed by atoms with Gasteiger partial charge in [-0.25, -0.2) is 13.9 Å². The van der Waals surface area contributed by atoms with Crippen molar-refractivity contribution in [2.24, 2.45) is 0 Å². The summed E-state index contributed by atoms with van der Waals surface area (Å²) in [6, 6.07) is 5.62. The van der Waals surface area contributed by atoms with Crippen molar-refractivity contribution in [3.8, 4) is 11.5 Å². The molecule has 27 heavy (non-hydrogen) atoms. The zero-order valence-corrected chi connectivity index (χ0v) is 15.2. The van der Waals surface area contributed by atoms with E-state index in [1.165, 1.54) is 9.08 Å². The standard InChI is InChI=1S/C18H20N4O5/c1-3-11-6-12-7-14-15(27-10-26-14)8-13(12)22-17(11)20-21(18(22)24)9-16(23)19-4-5-25-2/h6-8H,3-5,9-10H2,1-2H3,(H,19,23). The molecule has 0 unspecified atom stereocenters. The van der Waals surface area contributed by atoms with Crippen LogP contribution in [-0.4, -0.2) is 47.1 Å². The third-order valence-electron chi connectivity index (χ3n) is 4.52. The fourth-order valence-corrected chi connectivity index (χ4v) is 3.19. The van der Waals surface area contributed by atoms with Crippen LogP contribution in [0.25, 0.3) is 16.6 Å². The fraction of sp³-hybridized carbons (Fsp3) is 0.389. The average molecular weight is 372 g/mol. The summed E-state index contributed by atoms with van der Waals surface area (Å²) >= 11 is 0. The number of carbonyl (C=O) groups excluding carboxylic acids is 1. The van der Waals surface area contributed by atoms with Crippen LogP contribution in [0.3, 0.4) is 0 Å². The fourth-order valence-electron chi connectivity index (χ4n) is 3.19. The molecule has 4 rings (SSSR count). The Bertz CT molecular complexity index is 1080. The van der Waals surface area contributed by atoms with E-state index in [4.69, 9.17) is 14.2 Å². The monoisotopic (exact) mass is 372 g/mol. The molecule has 3 aromatic rings. The third kappa shape index (κ3) is 2.99. The lowest BCUT2D eigenvalue weighted by Gasteiger charge is -2.06. The van der Waals surface area contributed by atoms with Gasteiger partial charge in [0.05, 0.1) is 12.1 Å². The number of nitrogens with one attached hydrogen (secondary N) is 1. The Labute approximate surface area is 154 Å². The highest BCUT2D eigenvalue weighted by Gasteiger charge is 2.20. The lowest BCUT2D eigenvalue weighted by atomic mass is 10.1. The van der Waals surface area contributed by atoms with E-state index < -0.39 is 0 Å². The number of aromatic nitrogens is 3. The van der Waals surface area contributed by atoms with E-state index in [-0.39, 0.29) is 24.9 Å². The Morgan fingerprint density at radius 3 is 2.81 bits per heavy atom. The molecule has 0 atom stereocenters. The molecular formula is C18H20N4O5. The SMILES string of the molecule is CCc1cc2cc3c(cc2n2c(=O)n(CC(=O)NCCOC)nc12)OCO3. The average Bonchev–Trinajstić information content (AvgIpc) is 3.24. The van der Waals surface area contributed by atoms with Crippen molar-refractivity contribution in [3.63, 3.8) is 0 Å². The van der Waals surface area contributed by atoms with Gasteiger partial charge in [0.2, 0.25) is 12.7 Å². The molecule has 0 radical (unpaired) electrons. The summed E-state index contributed by atoms with van der Waals surface area (Å²) in [5.74, 6) is 0.949. The van der Waals surface area contributed by atoms with Crippen LogP contribution in [0.5, 0.6) is 11.5 Å². The Hall–Kier alpha value is -3.07. The summed E-state index contributed by atoms with van der Waals surface area (Å²) < 4.78 is 18.5. The van der Waals surface area contributed by atoms with Crippen LogP contribution in [0.15, 0.2) is 23.0 Å². The third-order valence-corrected chi connectivity index (χ3v) is 4.52. The second-order valence-corrected chi connectivity index (χ2v) is 6.23. The Kier molecular flexibility index (Phi) is 4.44. The molecule has 1 amide bonds. The van der Waals surface area contributed by atoms with E-state index in [0.29, 0.717) is 42.2 Å². The smallest absolute Gasteiger partial charge is 0.351 e. The van der Waals surface area contributed by atoms with E-state index in [9.17, 15) is 9.59 Å². The maximum Gasteiger partial charge on any atom is 0.351 e. The maximum absolute atomic E-state index is 13.0. The van der Waals surface area contributed by atoms with Crippen LogP contribution < -0.4 is 20.5 Å². The molecule has 0 bridgehead atoms. The van der Waals surface area contributed by atoms with E-state index >= 15 is 0 Å². The second-order valence-electron chi connectivity index (χ2n) is 6.23. The molecule has 0 saturated carbocycles. The van der Waals surface area contributed by atoms with Crippen LogP contribution in [0.4, 0.5) is 0 Å². The molecule has 3 heterocycles. The molecule has 0 fully saturated rings. The van der Waals surface area contributed by atoms with Crippen molar-refractivity contribution >= 4 is 22.5 Å².